The molecule has 1 amide bonds. The number of para-hydroxylation sites is 1. The van der Waals surface area contributed by atoms with E-state index in [1.165, 1.54) is 6.07 Å². The quantitative estimate of drug-likeness (QED) is 0.667. The van der Waals surface area contributed by atoms with Crippen molar-refractivity contribution in [1.82, 2.24) is 5.32 Å². The summed E-state index contributed by atoms with van der Waals surface area (Å²) in [6, 6.07) is 4.32. The van der Waals surface area contributed by atoms with E-state index in [1.807, 2.05) is 4.90 Å². The van der Waals surface area contributed by atoms with Crippen molar-refractivity contribution in [1.29, 1.82) is 0 Å². The van der Waals surface area contributed by atoms with Gasteiger partial charge in [-0.15, -0.1) is 0 Å². The molecule has 2 heterocycles. The molecule has 0 radical (unpaired) electrons. The molecule has 7 heteroatoms. The van der Waals surface area contributed by atoms with E-state index in [0.29, 0.717) is 25.2 Å². The first-order chi connectivity index (χ1) is 10.1. The Labute approximate surface area is 121 Å². The van der Waals surface area contributed by atoms with Crippen molar-refractivity contribution in [2.45, 2.75) is 25.3 Å². The summed E-state index contributed by atoms with van der Waals surface area (Å²) in [5, 5.41) is 14.1. The van der Waals surface area contributed by atoms with Crippen LogP contribution >= 0.6 is 0 Å². The summed E-state index contributed by atoms with van der Waals surface area (Å²) in [6.07, 6.45) is 1.99. The largest absolute Gasteiger partial charge is 0.365 e. The molecule has 0 aromatic heterocycles. The Kier molecular flexibility index (Phi) is 3.48. The van der Waals surface area contributed by atoms with E-state index < -0.39 is 16.4 Å². The number of nitrogens with one attached hydrogen (secondary N) is 1. The Hall–Kier alpha value is -2.18. The minimum atomic E-state index is -0.809. The summed E-state index contributed by atoms with van der Waals surface area (Å²) in [4.78, 5) is 23.7. The van der Waals surface area contributed by atoms with Gasteiger partial charge in [-0.1, -0.05) is 6.07 Å². The van der Waals surface area contributed by atoms with Gasteiger partial charge in [0.15, 0.2) is 0 Å². The van der Waals surface area contributed by atoms with Gasteiger partial charge in [0.05, 0.1) is 4.92 Å². The van der Waals surface area contributed by atoms with Crippen LogP contribution in [0.1, 0.15) is 19.3 Å². The van der Waals surface area contributed by atoms with Crippen molar-refractivity contribution in [3.63, 3.8) is 0 Å². The molecule has 112 valence electrons. The lowest BCUT2D eigenvalue weighted by Crippen LogP contribution is -2.54. The zero-order valence-corrected chi connectivity index (χ0v) is 11.4. The molecule has 1 aromatic rings. The fourth-order valence-electron chi connectivity index (χ4n) is 3.27. The number of rotatable bonds is 2. The Morgan fingerprint density at radius 2 is 2.19 bits per heavy atom. The predicted octanol–water partition coefficient (Wildman–Crippen LogP) is 1.84. The van der Waals surface area contributed by atoms with E-state index in [1.54, 1.807) is 6.07 Å². The molecule has 3 rings (SSSR count). The number of halogens is 1. The second-order valence-electron chi connectivity index (χ2n) is 5.57. The predicted molar refractivity (Wildman–Crippen MR) is 74.5 cm³/mol. The Bertz CT molecular complexity index is 593. The fraction of sp³-hybridized carbons (Fsp3) is 0.500. The average Bonchev–Trinajstić information content (AvgIpc) is 2.46. The minimum Gasteiger partial charge on any atom is -0.365 e. The molecule has 6 nitrogen and oxygen atoms in total. The van der Waals surface area contributed by atoms with E-state index in [-0.39, 0.29) is 17.9 Å². The van der Waals surface area contributed by atoms with Crippen LogP contribution in [0.3, 0.4) is 0 Å². The summed E-state index contributed by atoms with van der Waals surface area (Å²) in [6.45, 7) is 1.18. The van der Waals surface area contributed by atoms with Crippen LogP contribution in [0.5, 0.6) is 0 Å². The van der Waals surface area contributed by atoms with Crippen molar-refractivity contribution in [2.24, 2.45) is 5.92 Å². The highest BCUT2D eigenvalue weighted by molar-refractivity contribution is 5.77. The summed E-state index contributed by atoms with van der Waals surface area (Å²) in [5.41, 5.74) is -0.133. The van der Waals surface area contributed by atoms with Crippen LogP contribution in [-0.2, 0) is 4.79 Å². The lowest BCUT2D eigenvalue weighted by atomic mass is 9.85. The number of piperidine rings is 2. The summed E-state index contributed by atoms with van der Waals surface area (Å²) < 4.78 is 13.7. The number of amides is 1. The van der Waals surface area contributed by atoms with Gasteiger partial charge in [0.2, 0.25) is 11.7 Å². The molecule has 2 atom stereocenters. The first-order valence-electron chi connectivity index (χ1n) is 7.03. The fourth-order valence-corrected chi connectivity index (χ4v) is 3.27. The topological polar surface area (TPSA) is 75.5 Å². The van der Waals surface area contributed by atoms with Crippen LogP contribution in [0.25, 0.3) is 0 Å². The van der Waals surface area contributed by atoms with E-state index in [2.05, 4.69) is 5.32 Å². The van der Waals surface area contributed by atoms with Gasteiger partial charge in [-0.05, 0) is 30.9 Å². The Balaban J connectivity index is 1.85. The molecule has 0 spiro atoms. The second-order valence-corrected chi connectivity index (χ2v) is 5.57. The molecule has 2 unspecified atom stereocenters. The molecule has 0 aliphatic carbocycles. The van der Waals surface area contributed by atoms with E-state index in [9.17, 15) is 19.3 Å². The lowest BCUT2D eigenvalue weighted by Gasteiger charge is -2.42. The number of hydrogen-bond acceptors (Lipinski definition) is 4. The molecule has 2 aliphatic rings. The van der Waals surface area contributed by atoms with Gasteiger partial charge in [-0.2, -0.15) is 4.39 Å². The molecule has 1 N–H and O–H groups in total. The lowest BCUT2D eigenvalue weighted by molar-refractivity contribution is -0.386. The number of anilines is 1. The van der Waals surface area contributed by atoms with Crippen LogP contribution in [-0.4, -0.2) is 30.0 Å². The third kappa shape index (κ3) is 2.55. The van der Waals surface area contributed by atoms with Crippen molar-refractivity contribution < 1.29 is 14.1 Å². The molecule has 0 saturated carbocycles. The molecule has 1 aromatic carbocycles. The Morgan fingerprint density at radius 3 is 2.95 bits per heavy atom. The van der Waals surface area contributed by atoms with Crippen molar-refractivity contribution >= 4 is 17.3 Å². The maximum Gasteiger partial charge on any atom is 0.327 e. The smallest absolute Gasteiger partial charge is 0.327 e. The molecule has 2 saturated heterocycles. The van der Waals surface area contributed by atoms with Gasteiger partial charge in [0.1, 0.15) is 5.69 Å². The van der Waals surface area contributed by atoms with E-state index in [0.717, 1.165) is 18.9 Å². The molecular formula is C14H16FN3O3. The molecule has 2 aliphatic heterocycles. The second kappa shape index (κ2) is 5.31. The van der Waals surface area contributed by atoms with Gasteiger partial charge >= 0.3 is 5.69 Å². The van der Waals surface area contributed by atoms with E-state index in [4.69, 9.17) is 0 Å². The zero-order valence-electron chi connectivity index (χ0n) is 11.4. The summed E-state index contributed by atoms with van der Waals surface area (Å²) in [5.74, 6) is -0.475. The number of nitrogens with zero attached hydrogens (tertiary/aromatic N) is 2. The zero-order chi connectivity index (χ0) is 15.0. The maximum absolute atomic E-state index is 13.7. The SMILES string of the molecule is O=C1CCC2CN(c3cccc(F)c3[N+](=O)[O-])CCC2N1. The first kappa shape index (κ1) is 13.8. The van der Waals surface area contributed by atoms with Gasteiger partial charge < -0.3 is 10.2 Å². The normalized spacial score (nSPS) is 25.2. The van der Waals surface area contributed by atoms with Crippen LogP contribution in [0.15, 0.2) is 18.2 Å². The van der Waals surface area contributed by atoms with Gasteiger partial charge in [0.25, 0.3) is 0 Å². The number of carbonyl (C=O) groups is 1. The standard InChI is InChI=1S/C14H16FN3O3/c15-10-2-1-3-12(14(10)18(20)21)17-7-6-11-9(8-17)4-5-13(19)16-11/h1-3,9,11H,4-8H2,(H,16,19). The molecular weight excluding hydrogens is 277 g/mol. The van der Waals surface area contributed by atoms with Crippen molar-refractivity contribution in [3.05, 3.63) is 34.1 Å². The third-order valence-electron chi connectivity index (χ3n) is 4.31. The number of nitro benzene ring substituents is 1. The Morgan fingerprint density at radius 1 is 1.38 bits per heavy atom. The van der Waals surface area contributed by atoms with Gasteiger partial charge in [-0.3, -0.25) is 14.9 Å². The molecule has 0 bridgehead atoms. The van der Waals surface area contributed by atoms with Crippen LogP contribution < -0.4 is 10.2 Å². The van der Waals surface area contributed by atoms with E-state index >= 15 is 0 Å². The number of carbonyl (C=O) groups excluding carboxylic acids is 1. The highest BCUT2D eigenvalue weighted by atomic mass is 19.1. The molecule has 21 heavy (non-hydrogen) atoms. The van der Waals surface area contributed by atoms with Crippen LogP contribution in [0, 0.1) is 21.8 Å². The van der Waals surface area contributed by atoms with Crippen LogP contribution in [0.4, 0.5) is 15.8 Å². The third-order valence-corrected chi connectivity index (χ3v) is 4.31. The minimum absolute atomic E-state index is 0.0708. The summed E-state index contributed by atoms with van der Waals surface area (Å²) >= 11 is 0. The van der Waals surface area contributed by atoms with Gasteiger partial charge in [-0.25, -0.2) is 0 Å². The highest BCUT2D eigenvalue weighted by Gasteiger charge is 2.36. The number of benzene rings is 1. The maximum atomic E-state index is 13.7. The van der Waals surface area contributed by atoms with Crippen molar-refractivity contribution in [2.75, 3.05) is 18.0 Å². The average molecular weight is 293 g/mol. The monoisotopic (exact) mass is 293 g/mol. The van der Waals surface area contributed by atoms with Crippen molar-refractivity contribution in [3.8, 4) is 0 Å². The molecule has 2 fully saturated rings. The van der Waals surface area contributed by atoms with Crippen LogP contribution in [0.2, 0.25) is 0 Å². The number of fused-ring (bicyclic) bond motifs is 1. The number of hydrogen-bond donors (Lipinski definition) is 1. The number of nitro groups is 1. The van der Waals surface area contributed by atoms with Gasteiger partial charge in [0, 0.05) is 25.6 Å². The first-order valence-corrected chi connectivity index (χ1v) is 7.03. The summed E-state index contributed by atoms with van der Waals surface area (Å²) in [7, 11) is 0. The highest BCUT2D eigenvalue weighted by Crippen LogP contribution is 2.35.